The molecular weight excluding hydrogens is 356 g/mol. The lowest BCUT2D eigenvalue weighted by atomic mass is 10.0. The molecule has 0 fully saturated rings. The van der Waals surface area contributed by atoms with Crippen molar-refractivity contribution in [2.24, 2.45) is 5.92 Å². The van der Waals surface area contributed by atoms with Crippen molar-refractivity contribution in [2.75, 3.05) is 0 Å². The summed E-state index contributed by atoms with van der Waals surface area (Å²) in [6, 6.07) is -0.490. The van der Waals surface area contributed by atoms with Crippen LogP contribution in [-0.2, 0) is 28.4 Å². The van der Waals surface area contributed by atoms with E-state index in [-0.39, 0.29) is 6.07 Å². The minimum Gasteiger partial charge on any atom is -0.480 e. The van der Waals surface area contributed by atoms with Gasteiger partial charge in [0.2, 0.25) is 5.91 Å². The molecular formula is C15H15F6NO3. The van der Waals surface area contributed by atoms with Crippen molar-refractivity contribution in [2.45, 2.75) is 38.7 Å². The number of halogens is 6. The fourth-order valence-electron chi connectivity index (χ4n) is 2.04. The van der Waals surface area contributed by atoms with E-state index in [4.69, 9.17) is 5.11 Å². The molecule has 4 nitrogen and oxygen atoms in total. The summed E-state index contributed by atoms with van der Waals surface area (Å²) in [6.07, 6.45) is -10.9. The third kappa shape index (κ3) is 5.95. The SMILES string of the molecule is CC(C)[C@H](NC(=O)Cc1cc(C(F)(F)F)cc(C(F)(F)F)c1)C(=O)O. The Morgan fingerprint density at radius 1 is 1.00 bits per heavy atom. The molecule has 0 aliphatic heterocycles. The van der Waals surface area contributed by atoms with Crippen LogP contribution in [0.15, 0.2) is 18.2 Å². The van der Waals surface area contributed by atoms with Crippen LogP contribution in [-0.4, -0.2) is 23.0 Å². The van der Waals surface area contributed by atoms with Crippen LogP contribution in [0.25, 0.3) is 0 Å². The Hall–Kier alpha value is -2.26. The number of nitrogens with one attached hydrogen (secondary N) is 1. The quantitative estimate of drug-likeness (QED) is 0.779. The highest BCUT2D eigenvalue weighted by molar-refractivity contribution is 5.85. The molecule has 1 aromatic carbocycles. The predicted octanol–water partition coefficient (Wildman–Crippen LogP) is 3.49. The van der Waals surface area contributed by atoms with Gasteiger partial charge in [0.05, 0.1) is 17.5 Å². The van der Waals surface area contributed by atoms with Crippen LogP contribution in [0.1, 0.15) is 30.5 Å². The molecule has 25 heavy (non-hydrogen) atoms. The standard InChI is InChI=1S/C15H15F6NO3/c1-7(2)12(13(24)25)22-11(23)5-8-3-9(14(16,17)18)6-10(4-8)15(19,20)21/h3-4,6-7,12H,5H2,1-2H3,(H,22,23)(H,24,25)/t12-/m0/s1. The molecule has 0 heterocycles. The molecule has 0 aliphatic rings. The van der Waals surface area contributed by atoms with Gasteiger partial charge in [-0.05, 0) is 29.7 Å². The Bertz CT molecular complexity index is 619. The summed E-state index contributed by atoms with van der Waals surface area (Å²) in [5, 5.41) is 11.0. The number of carbonyl (C=O) groups is 2. The van der Waals surface area contributed by atoms with Crippen LogP contribution in [0.4, 0.5) is 26.3 Å². The zero-order valence-electron chi connectivity index (χ0n) is 13.1. The van der Waals surface area contributed by atoms with Gasteiger partial charge in [-0.25, -0.2) is 4.79 Å². The van der Waals surface area contributed by atoms with E-state index < -0.39 is 59.3 Å². The van der Waals surface area contributed by atoms with E-state index in [0.29, 0.717) is 12.1 Å². The van der Waals surface area contributed by atoms with E-state index in [9.17, 15) is 35.9 Å². The fourth-order valence-corrected chi connectivity index (χ4v) is 2.04. The lowest BCUT2D eigenvalue weighted by molar-refractivity contribution is -0.143. The number of alkyl halides is 6. The molecule has 1 rings (SSSR count). The highest BCUT2D eigenvalue weighted by Crippen LogP contribution is 2.36. The number of carboxylic acid groups (broad SMARTS) is 1. The molecule has 0 aromatic heterocycles. The Morgan fingerprint density at radius 3 is 1.76 bits per heavy atom. The van der Waals surface area contributed by atoms with Gasteiger partial charge in [-0.2, -0.15) is 26.3 Å². The predicted molar refractivity (Wildman–Crippen MR) is 74.6 cm³/mol. The Kier molecular flexibility index (Phi) is 6.09. The summed E-state index contributed by atoms with van der Waals surface area (Å²) < 4.78 is 76.5. The van der Waals surface area contributed by atoms with Crippen molar-refractivity contribution in [3.05, 3.63) is 34.9 Å². The maximum Gasteiger partial charge on any atom is 0.416 e. The molecule has 2 N–H and O–H groups in total. The van der Waals surface area contributed by atoms with Crippen LogP contribution in [0.3, 0.4) is 0 Å². The first-order valence-corrected chi connectivity index (χ1v) is 7.02. The summed E-state index contributed by atoms with van der Waals surface area (Å²) >= 11 is 0. The molecule has 140 valence electrons. The molecule has 1 atom stereocenters. The van der Waals surface area contributed by atoms with Crippen molar-refractivity contribution in [1.29, 1.82) is 0 Å². The number of carbonyl (C=O) groups excluding carboxylic acids is 1. The van der Waals surface area contributed by atoms with Gasteiger partial charge in [0, 0.05) is 0 Å². The third-order valence-corrected chi connectivity index (χ3v) is 3.26. The normalized spacial score (nSPS) is 13.6. The van der Waals surface area contributed by atoms with Crippen molar-refractivity contribution in [1.82, 2.24) is 5.32 Å². The van der Waals surface area contributed by atoms with Crippen LogP contribution in [0.2, 0.25) is 0 Å². The number of amides is 1. The van der Waals surface area contributed by atoms with Gasteiger partial charge >= 0.3 is 18.3 Å². The largest absolute Gasteiger partial charge is 0.480 e. The van der Waals surface area contributed by atoms with Crippen LogP contribution < -0.4 is 5.32 Å². The molecule has 0 bridgehead atoms. The summed E-state index contributed by atoms with van der Waals surface area (Å²) in [4.78, 5) is 22.8. The highest BCUT2D eigenvalue weighted by Gasteiger charge is 2.37. The van der Waals surface area contributed by atoms with E-state index >= 15 is 0 Å². The Balaban J connectivity index is 3.12. The number of hydrogen-bond donors (Lipinski definition) is 2. The van der Waals surface area contributed by atoms with Crippen molar-refractivity contribution < 1.29 is 41.0 Å². The summed E-state index contributed by atoms with van der Waals surface area (Å²) in [6.45, 7) is 2.98. The smallest absolute Gasteiger partial charge is 0.416 e. The second kappa shape index (κ2) is 7.32. The number of aliphatic carboxylic acids is 1. The average molecular weight is 371 g/mol. The molecule has 1 aromatic rings. The van der Waals surface area contributed by atoms with Gasteiger partial charge in [-0.15, -0.1) is 0 Å². The van der Waals surface area contributed by atoms with Crippen molar-refractivity contribution >= 4 is 11.9 Å². The van der Waals surface area contributed by atoms with E-state index in [2.05, 4.69) is 5.32 Å². The van der Waals surface area contributed by atoms with Gasteiger partial charge in [0.25, 0.3) is 0 Å². The van der Waals surface area contributed by atoms with Crippen molar-refractivity contribution in [3.63, 3.8) is 0 Å². The van der Waals surface area contributed by atoms with E-state index in [1.165, 1.54) is 13.8 Å². The topological polar surface area (TPSA) is 66.4 Å². The summed E-state index contributed by atoms with van der Waals surface area (Å²) in [5.74, 6) is -2.87. The molecule has 0 radical (unpaired) electrons. The van der Waals surface area contributed by atoms with Gasteiger partial charge in [0.15, 0.2) is 0 Å². The zero-order chi connectivity index (χ0) is 19.6. The number of hydrogen-bond acceptors (Lipinski definition) is 2. The lowest BCUT2D eigenvalue weighted by Crippen LogP contribution is -2.44. The minimum absolute atomic E-state index is 0.0461. The monoisotopic (exact) mass is 371 g/mol. The van der Waals surface area contributed by atoms with Crippen LogP contribution in [0.5, 0.6) is 0 Å². The van der Waals surface area contributed by atoms with E-state index in [0.717, 1.165) is 0 Å². The maximum absolute atomic E-state index is 12.7. The Labute approximate surface area is 138 Å². The molecule has 1 amide bonds. The summed E-state index contributed by atoms with van der Waals surface area (Å²) in [5.41, 5.74) is -3.60. The van der Waals surface area contributed by atoms with E-state index in [1.807, 2.05) is 0 Å². The average Bonchev–Trinajstić information content (AvgIpc) is 2.41. The number of benzene rings is 1. The molecule has 10 heteroatoms. The lowest BCUT2D eigenvalue weighted by Gasteiger charge is -2.18. The maximum atomic E-state index is 12.7. The minimum atomic E-state index is -5.02. The summed E-state index contributed by atoms with van der Waals surface area (Å²) in [7, 11) is 0. The number of rotatable bonds is 5. The second-order valence-corrected chi connectivity index (χ2v) is 5.72. The van der Waals surface area contributed by atoms with Gasteiger partial charge in [0.1, 0.15) is 6.04 Å². The van der Waals surface area contributed by atoms with Gasteiger partial charge < -0.3 is 10.4 Å². The molecule has 0 aliphatic carbocycles. The highest BCUT2D eigenvalue weighted by atomic mass is 19.4. The van der Waals surface area contributed by atoms with Crippen molar-refractivity contribution in [3.8, 4) is 0 Å². The first-order chi connectivity index (χ1) is 11.2. The third-order valence-electron chi connectivity index (χ3n) is 3.26. The zero-order valence-corrected chi connectivity index (χ0v) is 13.1. The first kappa shape index (κ1) is 20.8. The van der Waals surface area contributed by atoms with Gasteiger partial charge in [-0.1, -0.05) is 13.8 Å². The molecule has 0 saturated carbocycles. The fraction of sp³-hybridized carbons (Fsp3) is 0.467. The van der Waals surface area contributed by atoms with Crippen LogP contribution >= 0.6 is 0 Å². The second-order valence-electron chi connectivity index (χ2n) is 5.72. The first-order valence-electron chi connectivity index (χ1n) is 7.02. The number of carboxylic acids is 1. The van der Waals surface area contributed by atoms with Crippen LogP contribution in [0, 0.1) is 5.92 Å². The molecule has 0 unspecified atom stereocenters. The molecule has 0 spiro atoms. The molecule has 0 saturated heterocycles. The van der Waals surface area contributed by atoms with Gasteiger partial charge in [-0.3, -0.25) is 4.79 Å². The van der Waals surface area contributed by atoms with E-state index in [1.54, 1.807) is 0 Å². The Morgan fingerprint density at radius 2 is 1.44 bits per heavy atom.